The Morgan fingerprint density at radius 3 is 2.93 bits per heavy atom. The second-order valence-corrected chi connectivity index (χ2v) is 6.15. The molecule has 1 heterocycles. The quantitative estimate of drug-likeness (QED) is 0.459. The number of nitrogens with zero attached hydrogens (tertiary/aromatic N) is 3. The van der Waals surface area contributed by atoms with Gasteiger partial charge in [-0.05, 0) is 37.6 Å². The first kappa shape index (κ1) is 20.4. The number of benzene rings is 1. The first-order valence-corrected chi connectivity index (χ1v) is 9.00. The SMILES string of the molecule is CCNC(=NCc1cccc(NC(=O)Cn2cccn2)c1)NC(C)COC. The summed E-state index contributed by atoms with van der Waals surface area (Å²) in [6, 6.07) is 9.61. The Labute approximate surface area is 160 Å². The van der Waals surface area contributed by atoms with E-state index in [0.29, 0.717) is 13.2 Å². The van der Waals surface area contributed by atoms with Crippen molar-refractivity contribution in [2.45, 2.75) is 33.0 Å². The maximum absolute atomic E-state index is 12.1. The number of methoxy groups -OCH3 is 1. The zero-order chi connectivity index (χ0) is 19.5. The first-order valence-electron chi connectivity index (χ1n) is 9.00. The highest BCUT2D eigenvalue weighted by atomic mass is 16.5. The number of aliphatic imine (C=N–C) groups is 1. The molecule has 0 radical (unpaired) electrons. The molecule has 2 aromatic rings. The summed E-state index contributed by atoms with van der Waals surface area (Å²) >= 11 is 0. The minimum atomic E-state index is -0.122. The van der Waals surface area contributed by atoms with Crippen molar-refractivity contribution in [3.05, 3.63) is 48.3 Å². The van der Waals surface area contributed by atoms with Crippen LogP contribution in [0.4, 0.5) is 5.69 Å². The molecule has 0 saturated heterocycles. The van der Waals surface area contributed by atoms with E-state index < -0.39 is 0 Å². The van der Waals surface area contributed by atoms with Gasteiger partial charge in [0.15, 0.2) is 5.96 Å². The van der Waals surface area contributed by atoms with Crippen LogP contribution >= 0.6 is 0 Å². The normalized spacial score (nSPS) is 12.5. The molecule has 0 spiro atoms. The van der Waals surface area contributed by atoms with Crippen LogP contribution < -0.4 is 16.0 Å². The molecule has 3 N–H and O–H groups in total. The molecule has 27 heavy (non-hydrogen) atoms. The van der Waals surface area contributed by atoms with E-state index in [1.807, 2.05) is 38.1 Å². The number of carbonyl (C=O) groups is 1. The lowest BCUT2D eigenvalue weighted by molar-refractivity contribution is -0.116. The van der Waals surface area contributed by atoms with E-state index in [2.05, 4.69) is 26.0 Å². The van der Waals surface area contributed by atoms with Crippen LogP contribution in [0.5, 0.6) is 0 Å². The second-order valence-electron chi connectivity index (χ2n) is 6.15. The Morgan fingerprint density at radius 2 is 2.22 bits per heavy atom. The molecular weight excluding hydrogens is 344 g/mol. The molecule has 0 bridgehead atoms. The number of amides is 1. The molecule has 1 atom stereocenters. The molecule has 1 aromatic carbocycles. The third kappa shape index (κ3) is 7.49. The highest BCUT2D eigenvalue weighted by Gasteiger charge is 2.06. The summed E-state index contributed by atoms with van der Waals surface area (Å²) in [5.41, 5.74) is 1.74. The third-order valence-electron chi connectivity index (χ3n) is 3.64. The Morgan fingerprint density at radius 1 is 1.37 bits per heavy atom. The standard InChI is InChI=1S/C19H28N6O2/c1-4-20-19(23-15(2)14-27-3)21-12-16-7-5-8-17(11-16)24-18(26)13-25-10-6-9-22-25/h5-11,15H,4,12-14H2,1-3H3,(H,24,26)(H2,20,21,23). The fourth-order valence-corrected chi connectivity index (χ4v) is 2.50. The largest absolute Gasteiger partial charge is 0.383 e. The summed E-state index contributed by atoms with van der Waals surface area (Å²) in [6.07, 6.45) is 3.40. The van der Waals surface area contributed by atoms with Crippen molar-refractivity contribution in [2.75, 3.05) is 25.6 Å². The second kappa shape index (κ2) is 11.0. The fourth-order valence-electron chi connectivity index (χ4n) is 2.50. The van der Waals surface area contributed by atoms with Crippen LogP contribution in [0.3, 0.4) is 0 Å². The lowest BCUT2D eigenvalue weighted by Gasteiger charge is -2.17. The molecule has 8 nitrogen and oxygen atoms in total. The van der Waals surface area contributed by atoms with Crippen molar-refractivity contribution in [1.82, 2.24) is 20.4 Å². The number of rotatable bonds is 9. The van der Waals surface area contributed by atoms with Gasteiger partial charge in [0.1, 0.15) is 6.54 Å². The molecule has 146 valence electrons. The average Bonchev–Trinajstić information content (AvgIpc) is 3.13. The predicted octanol–water partition coefficient (Wildman–Crippen LogP) is 1.61. The Bertz CT molecular complexity index is 730. The number of guanidine groups is 1. The molecule has 1 aromatic heterocycles. The van der Waals surface area contributed by atoms with E-state index in [1.165, 1.54) is 0 Å². The highest BCUT2D eigenvalue weighted by Crippen LogP contribution is 2.12. The Hall–Kier alpha value is -2.87. The third-order valence-corrected chi connectivity index (χ3v) is 3.64. The van der Waals surface area contributed by atoms with Gasteiger partial charge >= 0.3 is 0 Å². The Kier molecular flexibility index (Phi) is 8.31. The smallest absolute Gasteiger partial charge is 0.246 e. The van der Waals surface area contributed by atoms with Gasteiger partial charge in [-0.2, -0.15) is 5.10 Å². The van der Waals surface area contributed by atoms with Crippen molar-refractivity contribution in [1.29, 1.82) is 0 Å². The van der Waals surface area contributed by atoms with Crippen molar-refractivity contribution in [2.24, 2.45) is 4.99 Å². The van der Waals surface area contributed by atoms with Gasteiger partial charge in [-0.3, -0.25) is 9.48 Å². The van der Waals surface area contributed by atoms with Crippen molar-refractivity contribution >= 4 is 17.6 Å². The van der Waals surface area contributed by atoms with Crippen LogP contribution in [0.1, 0.15) is 19.4 Å². The summed E-state index contributed by atoms with van der Waals surface area (Å²) in [5, 5.41) is 13.4. The van der Waals surface area contributed by atoms with Crippen molar-refractivity contribution in [3.8, 4) is 0 Å². The maximum Gasteiger partial charge on any atom is 0.246 e. The van der Waals surface area contributed by atoms with Crippen LogP contribution in [0.2, 0.25) is 0 Å². The highest BCUT2D eigenvalue weighted by molar-refractivity contribution is 5.90. The topological polar surface area (TPSA) is 92.6 Å². The van der Waals surface area contributed by atoms with Crippen LogP contribution in [-0.4, -0.2) is 48.0 Å². The van der Waals surface area contributed by atoms with Crippen LogP contribution in [0.25, 0.3) is 0 Å². The van der Waals surface area contributed by atoms with Gasteiger partial charge < -0.3 is 20.7 Å². The number of carbonyl (C=O) groups excluding carboxylic acids is 1. The minimum absolute atomic E-state index is 0.122. The van der Waals surface area contributed by atoms with Gasteiger partial charge in [0.05, 0.1) is 13.2 Å². The Balaban J connectivity index is 1.95. The molecule has 2 rings (SSSR count). The van der Waals surface area contributed by atoms with Gasteiger partial charge in [-0.1, -0.05) is 12.1 Å². The first-order chi connectivity index (χ1) is 13.1. The van der Waals surface area contributed by atoms with Gasteiger partial charge in [0.25, 0.3) is 0 Å². The molecule has 0 fully saturated rings. The molecule has 0 saturated carbocycles. The lowest BCUT2D eigenvalue weighted by atomic mass is 10.2. The van der Waals surface area contributed by atoms with Crippen molar-refractivity contribution < 1.29 is 9.53 Å². The van der Waals surface area contributed by atoms with E-state index in [9.17, 15) is 4.79 Å². The maximum atomic E-state index is 12.1. The monoisotopic (exact) mass is 372 g/mol. The van der Waals surface area contributed by atoms with Crippen LogP contribution in [0.15, 0.2) is 47.7 Å². The van der Waals surface area contributed by atoms with E-state index in [1.54, 1.807) is 30.3 Å². The number of anilines is 1. The van der Waals surface area contributed by atoms with Crippen molar-refractivity contribution in [3.63, 3.8) is 0 Å². The number of aromatic nitrogens is 2. The van der Waals surface area contributed by atoms with Crippen LogP contribution in [0, 0.1) is 0 Å². The van der Waals surface area contributed by atoms with E-state index in [0.717, 1.165) is 23.8 Å². The molecule has 1 amide bonds. The van der Waals surface area contributed by atoms with Gasteiger partial charge in [-0.15, -0.1) is 0 Å². The predicted molar refractivity (Wildman–Crippen MR) is 107 cm³/mol. The van der Waals surface area contributed by atoms with E-state index in [4.69, 9.17) is 4.74 Å². The van der Waals surface area contributed by atoms with Gasteiger partial charge in [-0.25, -0.2) is 4.99 Å². The summed E-state index contributed by atoms with van der Waals surface area (Å²) in [5.74, 6) is 0.609. The van der Waals surface area contributed by atoms with E-state index in [-0.39, 0.29) is 18.5 Å². The molecule has 8 heteroatoms. The molecule has 1 unspecified atom stereocenters. The van der Waals surface area contributed by atoms with E-state index >= 15 is 0 Å². The summed E-state index contributed by atoms with van der Waals surface area (Å²) in [4.78, 5) is 16.7. The molecule has 0 aliphatic rings. The number of hydrogen-bond donors (Lipinski definition) is 3. The zero-order valence-electron chi connectivity index (χ0n) is 16.1. The fraction of sp³-hybridized carbons (Fsp3) is 0.421. The number of hydrogen-bond acceptors (Lipinski definition) is 4. The molecule has 0 aliphatic heterocycles. The summed E-state index contributed by atoms with van der Waals surface area (Å²) in [7, 11) is 1.67. The summed E-state index contributed by atoms with van der Waals surface area (Å²) in [6.45, 7) is 6.11. The lowest BCUT2D eigenvalue weighted by Crippen LogP contribution is -2.43. The number of nitrogens with one attached hydrogen (secondary N) is 3. The molecule has 0 aliphatic carbocycles. The summed E-state index contributed by atoms with van der Waals surface area (Å²) < 4.78 is 6.73. The minimum Gasteiger partial charge on any atom is -0.383 e. The zero-order valence-corrected chi connectivity index (χ0v) is 16.1. The van der Waals surface area contributed by atoms with Gasteiger partial charge in [0, 0.05) is 37.8 Å². The number of ether oxygens (including phenoxy) is 1. The van der Waals surface area contributed by atoms with Crippen LogP contribution in [-0.2, 0) is 22.6 Å². The average molecular weight is 372 g/mol. The van der Waals surface area contributed by atoms with Gasteiger partial charge in [0.2, 0.25) is 5.91 Å². The molecular formula is C19H28N6O2.